The Labute approximate surface area is 85.0 Å². The summed E-state index contributed by atoms with van der Waals surface area (Å²) in [5.41, 5.74) is 0. The number of ether oxygens (including phenoxy) is 1. The van der Waals surface area contributed by atoms with Crippen LogP contribution in [0.4, 0.5) is 8.78 Å². The van der Waals surface area contributed by atoms with Crippen LogP contribution in [0.5, 0.6) is 0 Å². The highest BCUT2D eigenvalue weighted by Crippen LogP contribution is 2.03. The van der Waals surface area contributed by atoms with Gasteiger partial charge in [0.2, 0.25) is 0 Å². The van der Waals surface area contributed by atoms with Crippen molar-refractivity contribution in [1.82, 2.24) is 5.32 Å². The molecule has 0 aromatic carbocycles. The zero-order chi connectivity index (χ0) is 10.8. The molecule has 0 fully saturated rings. The summed E-state index contributed by atoms with van der Waals surface area (Å²) in [7, 11) is 0. The first-order chi connectivity index (χ1) is 6.66. The lowest BCUT2D eigenvalue weighted by Gasteiger charge is -2.12. The van der Waals surface area contributed by atoms with E-state index in [2.05, 4.69) is 12.2 Å². The zero-order valence-corrected chi connectivity index (χ0v) is 9.06. The van der Waals surface area contributed by atoms with Gasteiger partial charge in [0.15, 0.2) is 0 Å². The molecule has 0 spiro atoms. The van der Waals surface area contributed by atoms with Gasteiger partial charge in [-0.3, -0.25) is 0 Å². The van der Waals surface area contributed by atoms with Crippen LogP contribution in [0.25, 0.3) is 0 Å². The van der Waals surface area contributed by atoms with E-state index in [-0.39, 0.29) is 6.10 Å². The van der Waals surface area contributed by atoms with Crippen LogP contribution in [-0.4, -0.2) is 32.2 Å². The molecule has 0 rings (SSSR count). The second kappa shape index (κ2) is 9.34. The topological polar surface area (TPSA) is 21.3 Å². The molecular formula is C10H21F2NO. The molecule has 1 N–H and O–H groups in total. The van der Waals surface area contributed by atoms with E-state index in [9.17, 15) is 8.78 Å². The third-order valence-electron chi connectivity index (χ3n) is 1.90. The highest BCUT2D eigenvalue weighted by Gasteiger charge is 2.06. The molecule has 0 aliphatic carbocycles. The number of halogens is 2. The van der Waals surface area contributed by atoms with Crippen LogP contribution in [0.15, 0.2) is 0 Å². The minimum absolute atomic E-state index is 0.0626. The first-order valence-electron chi connectivity index (χ1n) is 5.27. The Balaban J connectivity index is 3.14. The molecule has 1 atom stereocenters. The Morgan fingerprint density at radius 3 is 2.57 bits per heavy atom. The Hall–Kier alpha value is -0.220. The van der Waals surface area contributed by atoms with Crippen molar-refractivity contribution < 1.29 is 13.5 Å². The van der Waals surface area contributed by atoms with Crippen molar-refractivity contribution in [2.75, 3.05) is 19.7 Å². The van der Waals surface area contributed by atoms with E-state index >= 15 is 0 Å². The lowest BCUT2D eigenvalue weighted by atomic mass is 10.2. The number of nitrogens with one attached hydrogen (secondary N) is 1. The van der Waals surface area contributed by atoms with Crippen molar-refractivity contribution in [1.29, 1.82) is 0 Å². The molecule has 0 saturated heterocycles. The second-order valence-electron chi connectivity index (χ2n) is 3.43. The van der Waals surface area contributed by atoms with Crippen LogP contribution >= 0.6 is 0 Å². The van der Waals surface area contributed by atoms with Gasteiger partial charge in [0.25, 0.3) is 6.43 Å². The number of hydrogen-bond donors (Lipinski definition) is 1. The largest absolute Gasteiger partial charge is 0.373 e. The van der Waals surface area contributed by atoms with Crippen molar-refractivity contribution in [2.45, 2.75) is 45.6 Å². The first-order valence-corrected chi connectivity index (χ1v) is 5.27. The molecular weight excluding hydrogens is 188 g/mol. The maximum Gasteiger partial charge on any atom is 0.261 e. The minimum atomic E-state index is -2.35. The molecule has 0 aromatic rings. The van der Waals surface area contributed by atoms with Crippen molar-refractivity contribution in [3.05, 3.63) is 0 Å². The van der Waals surface area contributed by atoms with Gasteiger partial charge in [-0.05, 0) is 39.3 Å². The molecule has 0 aliphatic rings. The summed E-state index contributed by atoms with van der Waals surface area (Å²) in [6, 6.07) is 0. The van der Waals surface area contributed by atoms with E-state index in [0.717, 1.165) is 32.4 Å². The van der Waals surface area contributed by atoms with Gasteiger partial charge < -0.3 is 10.1 Å². The van der Waals surface area contributed by atoms with Gasteiger partial charge in [0.1, 0.15) is 6.61 Å². The fourth-order valence-corrected chi connectivity index (χ4v) is 1.14. The monoisotopic (exact) mass is 209 g/mol. The van der Waals surface area contributed by atoms with Crippen molar-refractivity contribution in [3.8, 4) is 0 Å². The molecule has 1 unspecified atom stereocenters. The highest BCUT2D eigenvalue weighted by atomic mass is 19.3. The fraction of sp³-hybridized carbons (Fsp3) is 1.00. The minimum Gasteiger partial charge on any atom is -0.373 e. The maximum atomic E-state index is 11.7. The molecule has 0 heterocycles. The quantitative estimate of drug-likeness (QED) is 0.589. The summed E-state index contributed by atoms with van der Waals surface area (Å²) in [6.45, 7) is 5.47. The average Bonchev–Trinajstić information content (AvgIpc) is 2.14. The molecule has 0 radical (unpaired) electrons. The SMILES string of the molecule is CCCNCCCC(C)OCC(F)F. The van der Waals surface area contributed by atoms with E-state index in [4.69, 9.17) is 4.74 Å². The van der Waals surface area contributed by atoms with Gasteiger partial charge in [0.05, 0.1) is 6.10 Å². The molecule has 0 saturated carbocycles. The second-order valence-corrected chi connectivity index (χ2v) is 3.43. The van der Waals surface area contributed by atoms with Crippen LogP contribution in [0.3, 0.4) is 0 Å². The summed E-state index contributed by atoms with van der Waals surface area (Å²) in [5, 5.41) is 3.25. The molecule has 0 aliphatic heterocycles. The standard InChI is InChI=1S/C10H21F2NO/c1-3-6-13-7-4-5-9(2)14-8-10(11)12/h9-10,13H,3-8H2,1-2H3. The van der Waals surface area contributed by atoms with Gasteiger partial charge in [-0.2, -0.15) is 0 Å². The van der Waals surface area contributed by atoms with Crippen LogP contribution in [0.1, 0.15) is 33.1 Å². The third kappa shape index (κ3) is 9.86. The smallest absolute Gasteiger partial charge is 0.261 e. The predicted molar refractivity (Wildman–Crippen MR) is 53.8 cm³/mol. The molecule has 0 aromatic heterocycles. The highest BCUT2D eigenvalue weighted by molar-refractivity contribution is 4.54. The van der Waals surface area contributed by atoms with Gasteiger partial charge in [-0.1, -0.05) is 6.92 Å². The summed E-state index contributed by atoms with van der Waals surface area (Å²) >= 11 is 0. The Morgan fingerprint density at radius 1 is 1.29 bits per heavy atom. The van der Waals surface area contributed by atoms with Crippen LogP contribution in [0.2, 0.25) is 0 Å². The van der Waals surface area contributed by atoms with Crippen molar-refractivity contribution in [2.24, 2.45) is 0 Å². The average molecular weight is 209 g/mol. The third-order valence-corrected chi connectivity index (χ3v) is 1.90. The molecule has 4 heteroatoms. The first kappa shape index (κ1) is 13.8. The molecule has 0 amide bonds. The van der Waals surface area contributed by atoms with Gasteiger partial charge in [-0.15, -0.1) is 0 Å². The number of alkyl halides is 2. The van der Waals surface area contributed by atoms with Crippen molar-refractivity contribution in [3.63, 3.8) is 0 Å². The van der Waals surface area contributed by atoms with Gasteiger partial charge in [0, 0.05) is 0 Å². The Kier molecular flexibility index (Phi) is 9.19. The molecule has 2 nitrogen and oxygen atoms in total. The lowest BCUT2D eigenvalue weighted by Crippen LogP contribution is -2.19. The predicted octanol–water partition coefficient (Wildman–Crippen LogP) is 2.44. The summed E-state index contributed by atoms with van der Waals surface area (Å²) in [6.07, 6.45) is 0.522. The lowest BCUT2D eigenvalue weighted by molar-refractivity contribution is -0.0202. The molecule has 0 bridgehead atoms. The Bertz CT molecular complexity index is 123. The van der Waals surface area contributed by atoms with Crippen LogP contribution < -0.4 is 5.32 Å². The van der Waals surface area contributed by atoms with E-state index in [1.165, 1.54) is 0 Å². The molecule has 86 valence electrons. The van der Waals surface area contributed by atoms with Gasteiger partial charge in [-0.25, -0.2) is 8.78 Å². The van der Waals surface area contributed by atoms with E-state index < -0.39 is 13.0 Å². The van der Waals surface area contributed by atoms with E-state index in [0.29, 0.717) is 0 Å². The maximum absolute atomic E-state index is 11.7. The van der Waals surface area contributed by atoms with Gasteiger partial charge >= 0.3 is 0 Å². The summed E-state index contributed by atoms with van der Waals surface area (Å²) in [5.74, 6) is 0. The van der Waals surface area contributed by atoms with E-state index in [1.807, 2.05) is 6.92 Å². The van der Waals surface area contributed by atoms with Crippen molar-refractivity contribution >= 4 is 0 Å². The zero-order valence-electron chi connectivity index (χ0n) is 9.06. The summed E-state index contributed by atoms with van der Waals surface area (Å²) in [4.78, 5) is 0. The Morgan fingerprint density at radius 2 is 2.00 bits per heavy atom. The fourth-order valence-electron chi connectivity index (χ4n) is 1.14. The normalized spacial score (nSPS) is 13.5. The van der Waals surface area contributed by atoms with Crippen LogP contribution in [0, 0.1) is 0 Å². The number of hydrogen-bond acceptors (Lipinski definition) is 2. The molecule has 14 heavy (non-hydrogen) atoms. The number of rotatable bonds is 9. The van der Waals surface area contributed by atoms with Crippen LogP contribution in [-0.2, 0) is 4.74 Å². The summed E-state index contributed by atoms with van der Waals surface area (Å²) < 4.78 is 28.4. The van der Waals surface area contributed by atoms with E-state index in [1.54, 1.807) is 0 Å².